The molecule has 0 bridgehead atoms. The number of nitrogens with one attached hydrogen (secondary N) is 1. The first kappa shape index (κ1) is 17.0. The predicted molar refractivity (Wildman–Crippen MR) is 80.7 cm³/mol. The summed E-state index contributed by atoms with van der Waals surface area (Å²) < 4.78 is 5.56. The molecule has 0 aromatic heterocycles. The van der Waals surface area contributed by atoms with Gasteiger partial charge in [0.25, 0.3) is 5.91 Å². The Balaban J connectivity index is 2.72. The molecular formula is C16H23NO4. The molecule has 5 nitrogen and oxygen atoms in total. The zero-order valence-corrected chi connectivity index (χ0v) is 13.0. The number of carboxylic acid groups (broad SMARTS) is 1. The van der Waals surface area contributed by atoms with Crippen LogP contribution in [-0.4, -0.2) is 29.6 Å². The number of hydrogen-bond acceptors (Lipinski definition) is 3. The van der Waals surface area contributed by atoms with E-state index in [4.69, 9.17) is 9.84 Å². The lowest BCUT2D eigenvalue weighted by molar-refractivity contribution is -0.127. The minimum atomic E-state index is -1.07. The van der Waals surface area contributed by atoms with Gasteiger partial charge in [-0.25, -0.2) is 4.79 Å². The summed E-state index contributed by atoms with van der Waals surface area (Å²) in [5.74, 6) is -0.552. The molecule has 0 spiro atoms. The average molecular weight is 293 g/mol. The molecular weight excluding hydrogens is 270 g/mol. The van der Waals surface area contributed by atoms with Gasteiger partial charge in [0.05, 0.1) is 0 Å². The molecule has 0 fully saturated rings. The lowest BCUT2D eigenvalue weighted by atomic mass is 10.1. The van der Waals surface area contributed by atoms with Crippen molar-refractivity contribution in [3.8, 4) is 5.75 Å². The third kappa shape index (κ3) is 5.10. The van der Waals surface area contributed by atoms with Crippen molar-refractivity contribution in [1.29, 1.82) is 0 Å². The Labute approximate surface area is 125 Å². The number of aryl methyl sites for hydroxylation is 1. The molecule has 1 unspecified atom stereocenters. The summed E-state index contributed by atoms with van der Waals surface area (Å²) in [5.41, 5.74) is 0.758. The molecule has 0 aliphatic rings. The van der Waals surface area contributed by atoms with Gasteiger partial charge in [-0.1, -0.05) is 26.0 Å². The van der Waals surface area contributed by atoms with E-state index in [-0.39, 0.29) is 17.2 Å². The summed E-state index contributed by atoms with van der Waals surface area (Å²) in [5, 5.41) is 12.0. The van der Waals surface area contributed by atoms with E-state index in [1.807, 2.05) is 0 Å². The van der Waals surface area contributed by atoms with Crippen LogP contribution in [0.4, 0.5) is 0 Å². The second-order valence-corrected chi connectivity index (χ2v) is 5.49. The van der Waals surface area contributed by atoms with Gasteiger partial charge < -0.3 is 15.2 Å². The number of carbonyl (C=O) groups is 2. The summed E-state index contributed by atoms with van der Waals surface area (Å²) in [4.78, 5) is 23.1. The smallest absolute Gasteiger partial charge is 0.339 e. The van der Waals surface area contributed by atoms with Crippen LogP contribution in [0, 0.1) is 12.8 Å². The molecule has 0 aliphatic heterocycles. The van der Waals surface area contributed by atoms with Crippen LogP contribution in [0.3, 0.4) is 0 Å². The van der Waals surface area contributed by atoms with E-state index in [2.05, 4.69) is 19.2 Å². The van der Waals surface area contributed by atoms with Gasteiger partial charge in [-0.3, -0.25) is 4.79 Å². The quantitative estimate of drug-likeness (QED) is 0.810. The Morgan fingerprint density at radius 3 is 2.52 bits per heavy atom. The van der Waals surface area contributed by atoms with Crippen molar-refractivity contribution in [2.75, 3.05) is 6.54 Å². The van der Waals surface area contributed by atoms with Crippen molar-refractivity contribution in [2.45, 2.75) is 40.2 Å². The number of carboxylic acids is 1. The Bertz CT molecular complexity index is 511. The maximum Gasteiger partial charge on any atom is 0.339 e. The molecule has 0 heterocycles. The second kappa shape index (κ2) is 7.67. The fourth-order valence-electron chi connectivity index (χ4n) is 1.84. The molecule has 1 aromatic rings. The fourth-order valence-corrected chi connectivity index (χ4v) is 1.84. The minimum absolute atomic E-state index is 0.0665. The van der Waals surface area contributed by atoms with Crippen LogP contribution in [0.2, 0.25) is 0 Å². The number of amides is 1. The topological polar surface area (TPSA) is 75.6 Å². The van der Waals surface area contributed by atoms with Gasteiger partial charge >= 0.3 is 5.97 Å². The van der Waals surface area contributed by atoms with E-state index in [1.165, 1.54) is 6.07 Å². The van der Waals surface area contributed by atoms with Crippen LogP contribution >= 0.6 is 0 Å². The van der Waals surface area contributed by atoms with Crippen molar-refractivity contribution in [3.05, 3.63) is 29.3 Å². The highest BCUT2D eigenvalue weighted by molar-refractivity contribution is 5.91. The third-order valence-corrected chi connectivity index (χ3v) is 3.13. The second-order valence-electron chi connectivity index (χ2n) is 5.49. The monoisotopic (exact) mass is 293 g/mol. The molecule has 116 valence electrons. The molecule has 0 aliphatic carbocycles. The zero-order valence-electron chi connectivity index (χ0n) is 13.0. The van der Waals surface area contributed by atoms with E-state index in [1.54, 1.807) is 26.0 Å². The van der Waals surface area contributed by atoms with Gasteiger partial charge in [0.1, 0.15) is 11.3 Å². The molecule has 0 saturated carbocycles. The first-order valence-electron chi connectivity index (χ1n) is 7.10. The number of aromatic carboxylic acids is 1. The van der Waals surface area contributed by atoms with E-state index >= 15 is 0 Å². The van der Waals surface area contributed by atoms with Crippen LogP contribution in [0.15, 0.2) is 18.2 Å². The largest absolute Gasteiger partial charge is 0.480 e. The highest BCUT2D eigenvalue weighted by atomic mass is 16.5. The first-order valence-corrected chi connectivity index (χ1v) is 7.10. The number of para-hydroxylation sites is 1. The molecule has 0 radical (unpaired) electrons. The van der Waals surface area contributed by atoms with Crippen LogP contribution in [0.5, 0.6) is 5.75 Å². The zero-order chi connectivity index (χ0) is 16.0. The Morgan fingerprint density at radius 2 is 1.95 bits per heavy atom. The maximum absolute atomic E-state index is 11.9. The summed E-state index contributed by atoms with van der Waals surface area (Å²) in [6.07, 6.45) is 0.153. The number of rotatable bonds is 7. The summed E-state index contributed by atoms with van der Waals surface area (Å²) in [6, 6.07) is 4.87. The van der Waals surface area contributed by atoms with Crippen molar-refractivity contribution in [1.82, 2.24) is 5.32 Å². The Morgan fingerprint density at radius 1 is 1.29 bits per heavy atom. The SMILES string of the molecule is Cc1cccc(C(=O)O)c1OC(C)C(=O)NCCC(C)C. The van der Waals surface area contributed by atoms with Gasteiger partial charge in [-0.2, -0.15) is 0 Å². The average Bonchev–Trinajstić information content (AvgIpc) is 2.40. The number of benzene rings is 1. The molecule has 1 rings (SSSR count). The van der Waals surface area contributed by atoms with Crippen molar-refractivity contribution >= 4 is 11.9 Å². The summed E-state index contributed by atoms with van der Waals surface area (Å²) in [7, 11) is 0. The lowest BCUT2D eigenvalue weighted by Crippen LogP contribution is -2.37. The van der Waals surface area contributed by atoms with E-state index in [0.29, 0.717) is 18.0 Å². The van der Waals surface area contributed by atoms with Gasteiger partial charge in [0.15, 0.2) is 6.10 Å². The molecule has 21 heavy (non-hydrogen) atoms. The number of ether oxygens (including phenoxy) is 1. The number of hydrogen-bond donors (Lipinski definition) is 2. The standard InChI is InChI=1S/C16H23NO4/c1-10(2)8-9-17-15(18)12(4)21-14-11(3)6-5-7-13(14)16(19)20/h5-7,10,12H,8-9H2,1-4H3,(H,17,18)(H,19,20). The molecule has 1 atom stereocenters. The van der Waals surface area contributed by atoms with E-state index in [9.17, 15) is 9.59 Å². The summed E-state index contributed by atoms with van der Waals surface area (Å²) >= 11 is 0. The van der Waals surface area contributed by atoms with Crippen LogP contribution in [0.25, 0.3) is 0 Å². The molecule has 1 amide bonds. The highest BCUT2D eigenvalue weighted by Crippen LogP contribution is 2.24. The molecule has 2 N–H and O–H groups in total. The van der Waals surface area contributed by atoms with E-state index in [0.717, 1.165) is 6.42 Å². The highest BCUT2D eigenvalue weighted by Gasteiger charge is 2.20. The summed E-state index contributed by atoms with van der Waals surface area (Å²) in [6.45, 7) is 8.12. The lowest BCUT2D eigenvalue weighted by Gasteiger charge is -2.18. The Hall–Kier alpha value is -2.04. The normalized spacial score (nSPS) is 12.0. The number of carbonyl (C=O) groups excluding carboxylic acids is 1. The third-order valence-electron chi connectivity index (χ3n) is 3.13. The van der Waals surface area contributed by atoms with Gasteiger partial charge in [-0.05, 0) is 37.8 Å². The van der Waals surface area contributed by atoms with Gasteiger partial charge in [0, 0.05) is 6.54 Å². The van der Waals surface area contributed by atoms with E-state index < -0.39 is 12.1 Å². The molecule has 5 heteroatoms. The fraction of sp³-hybridized carbons (Fsp3) is 0.500. The first-order chi connectivity index (χ1) is 9.82. The predicted octanol–water partition coefficient (Wildman–Crippen LogP) is 2.62. The van der Waals surface area contributed by atoms with Crippen LogP contribution in [-0.2, 0) is 4.79 Å². The van der Waals surface area contributed by atoms with Crippen molar-refractivity contribution < 1.29 is 19.4 Å². The van der Waals surface area contributed by atoms with Crippen LogP contribution in [0.1, 0.15) is 43.1 Å². The maximum atomic E-state index is 11.9. The van der Waals surface area contributed by atoms with Gasteiger partial charge in [-0.15, -0.1) is 0 Å². The minimum Gasteiger partial charge on any atom is -0.480 e. The van der Waals surface area contributed by atoms with Crippen molar-refractivity contribution in [3.63, 3.8) is 0 Å². The molecule has 1 aromatic carbocycles. The Kier molecular flexibility index (Phi) is 6.21. The van der Waals surface area contributed by atoms with Crippen LogP contribution < -0.4 is 10.1 Å². The molecule has 0 saturated heterocycles. The van der Waals surface area contributed by atoms with Crippen molar-refractivity contribution in [2.24, 2.45) is 5.92 Å². The van der Waals surface area contributed by atoms with Gasteiger partial charge in [0.2, 0.25) is 0 Å².